The lowest BCUT2D eigenvalue weighted by Crippen LogP contribution is -2.47. The van der Waals surface area contributed by atoms with Crippen molar-refractivity contribution in [2.45, 2.75) is 76.2 Å². The summed E-state index contributed by atoms with van der Waals surface area (Å²) in [4.78, 5) is 0. The highest BCUT2D eigenvalue weighted by molar-refractivity contribution is 6.42. The predicted octanol–water partition coefficient (Wildman–Crippen LogP) is 6.12. The first-order chi connectivity index (χ1) is 11.6. The summed E-state index contributed by atoms with van der Waals surface area (Å²) in [5.41, 5.74) is 7.02. The highest BCUT2D eigenvalue weighted by Crippen LogP contribution is 2.49. The van der Waals surface area contributed by atoms with Crippen molar-refractivity contribution in [3.8, 4) is 0 Å². The SMILES string of the molecule is CCCCCC(OCCCCN)C1(c2ccc(Cl)c(Cl)c2)CCC1. The molecule has 2 nitrogen and oxygen atoms in total. The van der Waals surface area contributed by atoms with Crippen LogP contribution in [0.1, 0.15) is 70.3 Å². The lowest BCUT2D eigenvalue weighted by atomic mass is 9.60. The van der Waals surface area contributed by atoms with E-state index in [4.69, 9.17) is 33.7 Å². The molecule has 1 unspecified atom stereocenters. The minimum atomic E-state index is 0.116. The second-order valence-electron chi connectivity index (χ2n) is 6.99. The summed E-state index contributed by atoms with van der Waals surface area (Å²) in [6.07, 6.45) is 10.8. The van der Waals surface area contributed by atoms with Crippen LogP contribution in [-0.2, 0) is 10.2 Å². The molecule has 0 heterocycles. The normalized spacial score (nSPS) is 17.5. The molecular formula is C20H31Cl2NO. The lowest BCUT2D eigenvalue weighted by molar-refractivity contribution is -0.0433. The van der Waals surface area contributed by atoms with E-state index in [9.17, 15) is 0 Å². The third-order valence-electron chi connectivity index (χ3n) is 5.34. The summed E-state index contributed by atoms with van der Waals surface area (Å²) in [5, 5.41) is 1.28. The fraction of sp³-hybridized carbons (Fsp3) is 0.700. The van der Waals surface area contributed by atoms with E-state index in [1.807, 2.05) is 6.07 Å². The standard InChI is InChI=1S/C20H31Cl2NO/c1-2-3-4-8-19(24-14-6-5-13-23)20(11-7-12-20)16-9-10-17(21)18(22)15-16/h9-10,15,19H,2-8,11-14,23H2,1H3. The van der Waals surface area contributed by atoms with E-state index >= 15 is 0 Å². The Hall–Kier alpha value is -0.280. The molecule has 0 bridgehead atoms. The topological polar surface area (TPSA) is 35.2 Å². The Kier molecular flexibility index (Phi) is 8.36. The van der Waals surface area contributed by atoms with Crippen LogP contribution in [0, 0.1) is 0 Å². The van der Waals surface area contributed by atoms with Gasteiger partial charge in [-0.3, -0.25) is 0 Å². The Morgan fingerprint density at radius 2 is 1.92 bits per heavy atom. The maximum atomic E-state index is 6.39. The van der Waals surface area contributed by atoms with Crippen LogP contribution in [-0.4, -0.2) is 19.3 Å². The summed E-state index contributed by atoms with van der Waals surface area (Å²) >= 11 is 12.4. The molecule has 1 atom stereocenters. The molecule has 1 aromatic carbocycles. The molecule has 136 valence electrons. The number of benzene rings is 1. The van der Waals surface area contributed by atoms with E-state index in [0.717, 1.165) is 32.4 Å². The molecule has 0 aliphatic heterocycles. The first kappa shape index (κ1) is 20.0. The maximum absolute atomic E-state index is 6.39. The Morgan fingerprint density at radius 3 is 2.50 bits per heavy atom. The molecule has 2 rings (SSSR count). The largest absolute Gasteiger partial charge is 0.377 e. The fourth-order valence-corrected chi connectivity index (χ4v) is 4.03. The van der Waals surface area contributed by atoms with Gasteiger partial charge in [0.1, 0.15) is 0 Å². The maximum Gasteiger partial charge on any atom is 0.0671 e. The summed E-state index contributed by atoms with van der Waals surface area (Å²) in [5.74, 6) is 0. The number of rotatable bonds is 11. The monoisotopic (exact) mass is 371 g/mol. The first-order valence-electron chi connectivity index (χ1n) is 9.41. The average Bonchev–Trinajstić information content (AvgIpc) is 2.53. The minimum absolute atomic E-state index is 0.116. The predicted molar refractivity (Wildman–Crippen MR) is 104 cm³/mol. The molecule has 2 N–H and O–H groups in total. The van der Waals surface area contributed by atoms with Gasteiger partial charge in [0.25, 0.3) is 0 Å². The number of unbranched alkanes of at least 4 members (excludes halogenated alkanes) is 3. The van der Waals surface area contributed by atoms with Gasteiger partial charge < -0.3 is 10.5 Å². The molecule has 0 saturated heterocycles. The van der Waals surface area contributed by atoms with E-state index in [1.165, 1.54) is 44.1 Å². The van der Waals surface area contributed by atoms with Gasteiger partial charge in [-0.15, -0.1) is 0 Å². The van der Waals surface area contributed by atoms with E-state index in [2.05, 4.69) is 19.1 Å². The number of nitrogens with two attached hydrogens (primary N) is 1. The zero-order valence-electron chi connectivity index (χ0n) is 14.8. The molecule has 4 heteroatoms. The minimum Gasteiger partial charge on any atom is -0.377 e. The van der Waals surface area contributed by atoms with E-state index in [1.54, 1.807) is 0 Å². The molecule has 1 aliphatic rings. The Balaban J connectivity index is 2.13. The lowest BCUT2D eigenvalue weighted by Gasteiger charge is -2.48. The smallest absolute Gasteiger partial charge is 0.0671 e. The highest BCUT2D eigenvalue weighted by atomic mass is 35.5. The molecule has 24 heavy (non-hydrogen) atoms. The number of halogens is 2. The van der Waals surface area contributed by atoms with Crippen molar-refractivity contribution in [2.24, 2.45) is 5.73 Å². The number of hydrogen-bond donors (Lipinski definition) is 1. The molecule has 0 aromatic heterocycles. The van der Waals surface area contributed by atoms with Crippen LogP contribution in [0.25, 0.3) is 0 Å². The molecule has 1 fully saturated rings. The van der Waals surface area contributed by atoms with Gasteiger partial charge in [0.05, 0.1) is 16.1 Å². The van der Waals surface area contributed by atoms with Crippen molar-refractivity contribution in [2.75, 3.05) is 13.2 Å². The van der Waals surface area contributed by atoms with Gasteiger partial charge in [-0.05, 0) is 56.3 Å². The van der Waals surface area contributed by atoms with Crippen molar-refractivity contribution in [1.82, 2.24) is 0 Å². The highest BCUT2D eigenvalue weighted by Gasteiger charge is 2.46. The van der Waals surface area contributed by atoms with Gasteiger partial charge in [-0.1, -0.05) is 61.9 Å². The van der Waals surface area contributed by atoms with Crippen LogP contribution in [0.5, 0.6) is 0 Å². The van der Waals surface area contributed by atoms with E-state index in [0.29, 0.717) is 10.0 Å². The Morgan fingerprint density at radius 1 is 1.12 bits per heavy atom. The van der Waals surface area contributed by atoms with Crippen LogP contribution < -0.4 is 5.73 Å². The summed E-state index contributed by atoms with van der Waals surface area (Å²) in [6.45, 7) is 3.79. The van der Waals surface area contributed by atoms with Gasteiger partial charge in [-0.2, -0.15) is 0 Å². The Labute approximate surface area is 157 Å². The van der Waals surface area contributed by atoms with Crippen LogP contribution in [0.3, 0.4) is 0 Å². The van der Waals surface area contributed by atoms with Gasteiger partial charge in [0.15, 0.2) is 0 Å². The van der Waals surface area contributed by atoms with Crippen molar-refractivity contribution in [3.63, 3.8) is 0 Å². The summed E-state index contributed by atoms with van der Waals surface area (Å²) in [6, 6.07) is 6.12. The number of ether oxygens (including phenoxy) is 1. The van der Waals surface area contributed by atoms with Crippen molar-refractivity contribution in [1.29, 1.82) is 0 Å². The third-order valence-corrected chi connectivity index (χ3v) is 6.08. The van der Waals surface area contributed by atoms with Crippen molar-refractivity contribution >= 4 is 23.2 Å². The van der Waals surface area contributed by atoms with E-state index < -0.39 is 0 Å². The second kappa shape index (κ2) is 10.0. The van der Waals surface area contributed by atoms with Crippen LogP contribution in [0.4, 0.5) is 0 Å². The van der Waals surface area contributed by atoms with Crippen LogP contribution >= 0.6 is 23.2 Å². The van der Waals surface area contributed by atoms with Crippen LogP contribution in [0.2, 0.25) is 10.0 Å². The average molecular weight is 372 g/mol. The van der Waals surface area contributed by atoms with E-state index in [-0.39, 0.29) is 11.5 Å². The molecule has 1 aromatic rings. The molecule has 0 amide bonds. The third kappa shape index (κ3) is 4.88. The Bertz CT molecular complexity index is 502. The quantitative estimate of drug-likeness (QED) is 0.475. The van der Waals surface area contributed by atoms with Crippen molar-refractivity contribution in [3.05, 3.63) is 33.8 Å². The fourth-order valence-electron chi connectivity index (χ4n) is 3.73. The van der Waals surface area contributed by atoms with Gasteiger partial charge in [-0.25, -0.2) is 0 Å². The molecule has 1 aliphatic carbocycles. The molecule has 1 saturated carbocycles. The zero-order valence-corrected chi connectivity index (χ0v) is 16.3. The molecular weight excluding hydrogens is 341 g/mol. The zero-order chi connectivity index (χ0) is 17.4. The van der Waals surface area contributed by atoms with Gasteiger partial charge >= 0.3 is 0 Å². The number of hydrogen-bond acceptors (Lipinski definition) is 2. The van der Waals surface area contributed by atoms with Crippen LogP contribution in [0.15, 0.2) is 18.2 Å². The summed E-state index contributed by atoms with van der Waals surface area (Å²) < 4.78 is 6.39. The second-order valence-corrected chi connectivity index (χ2v) is 7.80. The molecule has 0 radical (unpaired) electrons. The molecule has 0 spiro atoms. The van der Waals surface area contributed by atoms with Gasteiger partial charge in [0, 0.05) is 12.0 Å². The van der Waals surface area contributed by atoms with Gasteiger partial charge in [0.2, 0.25) is 0 Å². The van der Waals surface area contributed by atoms with Crippen molar-refractivity contribution < 1.29 is 4.74 Å². The summed E-state index contributed by atoms with van der Waals surface area (Å²) in [7, 11) is 0. The first-order valence-corrected chi connectivity index (χ1v) is 10.2.